The Labute approximate surface area is 175 Å². The molecule has 11 heteroatoms. The smallest absolute Gasteiger partial charge is 0.256 e. The number of carbonyl (C=O) groups is 1. The summed E-state index contributed by atoms with van der Waals surface area (Å²) in [6.45, 7) is 2.39. The van der Waals surface area contributed by atoms with Crippen molar-refractivity contribution in [3.63, 3.8) is 0 Å². The average molecular weight is 432 g/mol. The predicted octanol–water partition coefficient (Wildman–Crippen LogP) is 1.76. The van der Waals surface area contributed by atoms with Gasteiger partial charge < -0.3 is 4.90 Å². The van der Waals surface area contributed by atoms with Gasteiger partial charge in [-0.05, 0) is 25.3 Å². The highest BCUT2D eigenvalue weighted by atomic mass is 32.2. The van der Waals surface area contributed by atoms with Crippen LogP contribution in [-0.2, 0) is 10.8 Å². The molecular weight excluding hydrogens is 410 g/mol. The molecule has 1 amide bonds. The van der Waals surface area contributed by atoms with Crippen molar-refractivity contribution in [2.45, 2.75) is 17.9 Å². The van der Waals surface area contributed by atoms with Gasteiger partial charge in [-0.15, -0.1) is 0 Å². The number of rotatable bonds is 8. The van der Waals surface area contributed by atoms with Crippen molar-refractivity contribution < 1.29 is 9.00 Å². The van der Waals surface area contributed by atoms with Crippen LogP contribution in [0.5, 0.6) is 0 Å². The van der Waals surface area contributed by atoms with Crippen molar-refractivity contribution in [1.29, 1.82) is 0 Å². The Kier molecular flexibility index (Phi) is 7.04. The van der Waals surface area contributed by atoms with E-state index in [0.29, 0.717) is 28.8 Å². The van der Waals surface area contributed by atoms with Crippen LogP contribution in [0, 0.1) is 0 Å². The van der Waals surface area contributed by atoms with Gasteiger partial charge in [0.1, 0.15) is 6.33 Å². The van der Waals surface area contributed by atoms with Crippen LogP contribution in [0.4, 0.5) is 0 Å². The number of aromatic nitrogens is 6. The molecule has 0 bridgehead atoms. The molecule has 0 saturated heterocycles. The van der Waals surface area contributed by atoms with Crippen molar-refractivity contribution in [2.75, 3.05) is 24.8 Å². The van der Waals surface area contributed by atoms with Crippen LogP contribution in [0.3, 0.4) is 0 Å². The van der Waals surface area contributed by atoms with Gasteiger partial charge in [-0.1, -0.05) is 0 Å². The first-order chi connectivity index (χ1) is 14.0. The molecule has 3 aromatic rings. The topological polar surface area (TPSA) is 107 Å². The van der Waals surface area contributed by atoms with E-state index in [4.69, 9.17) is 0 Å². The highest BCUT2D eigenvalue weighted by Crippen LogP contribution is 2.22. The molecule has 3 rings (SSSR count). The number of pyridine rings is 1. The van der Waals surface area contributed by atoms with E-state index in [9.17, 15) is 9.00 Å². The van der Waals surface area contributed by atoms with Crippen molar-refractivity contribution in [1.82, 2.24) is 34.6 Å². The maximum Gasteiger partial charge on any atom is 0.256 e. The SMILES string of the molecule is CSCCN(C(=O)c1cncc(S(C)=O)c1)C(C)c1ncnn1-c1ncccn1. The minimum atomic E-state index is -1.22. The Balaban J connectivity index is 1.95. The Morgan fingerprint density at radius 1 is 1.28 bits per heavy atom. The molecule has 0 N–H and O–H groups in total. The van der Waals surface area contributed by atoms with E-state index < -0.39 is 16.8 Å². The largest absolute Gasteiger partial charge is 0.328 e. The Morgan fingerprint density at radius 2 is 2.03 bits per heavy atom. The zero-order valence-corrected chi connectivity index (χ0v) is 17.9. The Hall–Kier alpha value is -2.66. The molecule has 0 aromatic carbocycles. The summed E-state index contributed by atoms with van der Waals surface area (Å²) in [6, 6.07) is 2.95. The van der Waals surface area contributed by atoms with E-state index in [-0.39, 0.29) is 5.91 Å². The second kappa shape index (κ2) is 9.70. The lowest BCUT2D eigenvalue weighted by Gasteiger charge is -2.28. The zero-order chi connectivity index (χ0) is 20.8. The number of thioether (sulfide) groups is 1. The highest BCUT2D eigenvalue weighted by molar-refractivity contribution is 7.98. The first-order valence-corrected chi connectivity index (χ1v) is 11.7. The maximum atomic E-state index is 13.3. The standard InChI is InChI=1S/C18H21N7O2S2/c1-13(16-22-12-23-25(16)18-20-5-4-6-21-18)24(7-8-28-2)17(26)14-9-15(29(3)27)11-19-10-14/h4-6,9-13H,7-8H2,1-3H3. The third kappa shape index (κ3) is 4.85. The minimum absolute atomic E-state index is 0.213. The van der Waals surface area contributed by atoms with Gasteiger partial charge in [0.25, 0.3) is 11.9 Å². The summed E-state index contributed by atoms with van der Waals surface area (Å²) in [6.07, 6.45) is 11.2. The summed E-state index contributed by atoms with van der Waals surface area (Å²) in [5.74, 6) is 1.47. The molecule has 0 aliphatic heterocycles. The summed E-state index contributed by atoms with van der Waals surface area (Å²) in [5, 5.41) is 4.22. The van der Waals surface area contributed by atoms with E-state index >= 15 is 0 Å². The fourth-order valence-corrected chi connectivity index (χ4v) is 3.63. The number of amides is 1. The molecule has 0 saturated carbocycles. The lowest BCUT2D eigenvalue weighted by Crippen LogP contribution is -2.37. The molecule has 0 aliphatic carbocycles. The Bertz CT molecular complexity index is 997. The normalized spacial score (nSPS) is 13.1. The molecule has 9 nitrogen and oxygen atoms in total. The van der Waals surface area contributed by atoms with Gasteiger partial charge in [0.05, 0.1) is 27.3 Å². The second-order valence-corrected chi connectivity index (χ2v) is 8.47. The van der Waals surface area contributed by atoms with Crippen LogP contribution >= 0.6 is 11.8 Å². The van der Waals surface area contributed by atoms with Gasteiger partial charge in [0, 0.05) is 43.3 Å². The second-order valence-electron chi connectivity index (χ2n) is 6.11. The first-order valence-electron chi connectivity index (χ1n) is 8.78. The molecule has 152 valence electrons. The molecule has 0 aliphatic rings. The van der Waals surface area contributed by atoms with E-state index in [1.165, 1.54) is 23.4 Å². The van der Waals surface area contributed by atoms with E-state index in [1.807, 2.05) is 13.2 Å². The van der Waals surface area contributed by atoms with Gasteiger partial charge in [-0.25, -0.2) is 15.0 Å². The average Bonchev–Trinajstić information content (AvgIpc) is 3.24. The quantitative estimate of drug-likeness (QED) is 0.531. The van der Waals surface area contributed by atoms with E-state index in [2.05, 4.69) is 25.0 Å². The predicted molar refractivity (Wildman–Crippen MR) is 111 cm³/mol. The number of hydrogen-bond donors (Lipinski definition) is 0. The molecule has 2 atom stereocenters. The number of carbonyl (C=O) groups excluding carboxylic acids is 1. The molecule has 29 heavy (non-hydrogen) atoms. The van der Waals surface area contributed by atoms with Crippen LogP contribution < -0.4 is 0 Å². The van der Waals surface area contributed by atoms with Gasteiger partial charge in [0.2, 0.25) is 0 Å². The van der Waals surface area contributed by atoms with Crippen LogP contribution in [0.1, 0.15) is 29.1 Å². The van der Waals surface area contributed by atoms with Crippen molar-refractivity contribution >= 4 is 28.5 Å². The fraction of sp³-hybridized carbons (Fsp3) is 0.333. The summed E-state index contributed by atoms with van der Waals surface area (Å²) < 4.78 is 13.3. The van der Waals surface area contributed by atoms with Crippen molar-refractivity contribution in [3.05, 3.63) is 54.6 Å². The van der Waals surface area contributed by atoms with Crippen LogP contribution in [0.2, 0.25) is 0 Å². The van der Waals surface area contributed by atoms with Crippen LogP contribution in [-0.4, -0.2) is 69.5 Å². The van der Waals surface area contributed by atoms with Crippen molar-refractivity contribution in [3.8, 4) is 5.95 Å². The third-order valence-corrected chi connectivity index (χ3v) is 5.72. The van der Waals surface area contributed by atoms with Gasteiger partial charge in [-0.2, -0.15) is 21.5 Å². The molecule has 0 fully saturated rings. The molecule has 3 heterocycles. The molecule has 0 spiro atoms. The molecule has 2 unspecified atom stereocenters. The minimum Gasteiger partial charge on any atom is -0.328 e. The first kappa shape index (κ1) is 21.1. The Morgan fingerprint density at radius 3 is 2.72 bits per heavy atom. The lowest BCUT2D eigenvalue weighted by molar-refractivity contribution is 0.0694. The summed E-state index contributed by atoms with van der Waals surface area (Å²) in [5.41, 5.74) is 0.382. The van der Waals surface area contributed by atoms with Crippen molar-refractivity contribution in [2.24, 2.45) is 0 Å². The van der Waals surface area contributed by atoms with Gasteiger partial charge in [0.15, 0.2) is 5.82 Å². The van der Waals surface area contributed by atoms with Gasteiger partial charge >= 0.3 is 0 Å². The fourth-order valence-electron chi connectivity index (χ4n) is 2.75. The number of nitrogens with zero attached hydrogens (tertiary/aromatic N) is 7. The van der Waals surface area contributed by atoms with E-state index in [0.717, 1.165) is 5.75 Å². The van der Waals surface area contributed by atoms with Crippen LogP contribution in [0.25, 0.3) is 5.95 Å². The molecule has 3 aromatic heterocycles. The third-order valence-electron chi connectivity index (χ3n) is 4.25. The molecule has 0 radical (unpaired) electrons. The maximum absolute atomic E-state index is 13.3. The summed E-state index contributed by atoms with van der Waals surface area (Å²) in [4.78, 5) is 32.4. The lowest BCUT2D eigenvalue weighted by atomic mass is 10.2. The summed E-state index contributed by atoms with van der Waals surface area (Å²) in [7, 11) is -1.22. The highest BCUT2D eigenvalue weighted by Gasteiger charge is 2.27. The number of hydrogen-bond acceptors (Lipinski definition) is 8. The summed E-state index contributed by atoms with van der Waals surface area (Å²) >= 11 is 1.64. The zero-order valence-electron chi connectivity index (χ0n) is 16.3. The monoisotopic (exact) mass is 431 g/mol. The van der Waals surface area contributed by atoms with Gasteiger partial charge in [-0.3, -0.25) is 14.0 Å². The van der Waals surface area contributed by atoms with E-state index in [1.54, 1.807) is 47.4 Å². The molecular formula is C18H21N7O2S2. The van der Waals surface area contributed by atoms with Crippen LogP contribution in [0.15, 0.2) is 48.1 Å².